The van der Waals surface area contributed by atoms with Gasteiger partial charge in [-0.25, -0.2) is 18.7 Å². The van der Waals surface area contributed by atoms with E-state index in [-0.39, 0.29) is 11.1 Å². The third-order valence-electron chi connectivity index (χ3n) is 3.55. The van der Waals surface area contributed by atoms with Crippen LogP contribution in [0.15, 0.2) is 48.8 Å². The zero-order valence-electron chi connectivity index (χ0n) is 12.3. The van der Waals surface area contributed by atoms with Gasteiger partial charge in [0.2, 0.25) is 0 Å². The van der Waals surface area contributed by atoms with Crippen LogP contribution in [0.25, 0.3) is 22.5 Å². The molecule has 0 bridgehead atoms. The lowest BCUT2D eigenvalue weighted by molar-refractivity contribution is 0.505. The second kappa shape index (κ2) is 5.64. The van der Waals surface area contributed by atoms with E-state index in [2.05, 4.69) is 9.97 Å². The highest BCUT2D eigenvalue weighted by atomic mass is 19.2. The molecule has 0 unspecified atom stereocenters. The summed E-state index contributed by atoms with van der Waals surface area (Å²) in [6.07, 6.45) is 3.02. The molecule has 0 saturated carbocycles. The number of nitrogens with zero attached hydrogens (tertiary/aromatic N) is 2. The van der Waals surface area contributed by atoms with Crippen LogP contribution in [-0.4, -0.2) is 9.97 Å². The third kappa shape index (κ3) is 2.60. The van der Waals surface area contributed by atoms with Crippen LogP contribution in [0.4, 0.5) is 8.78 Å². The molecule has 0 fully saturated rings. The van der Waals surface area contributed by atoms with E-state index in [1.807, 2.05) is 31.2 Å². The second-order valence-corrected chi connectivity index (χ2v) is 5.22. The minimum atomic E-state index is -0.869. The fourth-order valence-corrected chi connectivity index (χ4v) is 2.19. The summed E-state index contributed by atoms with van der Waals surface area (Å²) in [5.74, 6) is -1.15. The van der Waals surface area contributed by atoms with Crippen LogP contribution < -0.4 is 0 Å². The standard InChI is InChI=1S/C18H14F2N2/c1-11-3-6-13(7-4-11)18-21-9-14(10-22-18)15-8-5-12(2)16(19)17(15)20/h3-10H,1-2H3. The predicted octanol–water partition coefficient (Wildman–Crippen LogP) is 4.71. The summed E-state index contributed by atoms with van der Waals surface area (Å²) in [5, 5.41) is 0. The molecule has 0 atom stereocenters. The summed E-state index contributed by atoms with van der Waals surface area (Å²) in [6, 6.07) is 10.9. The first kappa shape index (κ1) is 14.3. The number of benzene rings is 2. The Balaban J connectivity index is 1.98. The summed E-state index contributed by atoms with van der Waals surface area (Å²) >= 11 is 0. The lowest BCUT2D eigenvalue weighted by Crippen LogP contribution is -1.95. The van der Waals surface area contributed by atoms with E-state index in [9.17, 15) is 8.78 Å². The predicted molar refractivity (Wildman–Crippen MR) is 82.3 cm³/mol. The molecule has 0 radical (unpaired) electrons. The van der Waals surface area contributed by atoms with Gasteiger partial charge in [-0.05, 0) is 19.4 Å². The van der Waals surface area contributed by atoms with Gasteiger partial charge in [0.25, 0.3) is 0 Å². The Morgan fingerprint density at radius 3 is 2.00 bits per heavy atom. The van der Waals surface area contributed by atoms with Crippen LogP contribution >= 0.6 is 0 Å². The number of halogens is 2. The molecule has 3 aromatic rings. The Morgan fingerprint density at radius 2 is 1.36 bits per heavy atom. The normalized spacial score (nSPS) is 10.7. The van der Waals surface area contributed by atoms with Gasteiger partial charge in [-0.1, -0.05) is 42.0 Å². The zero-order chi connectivity index (χ0) is 15.7. The second-order valence-electron chi connectivity index (χ2n) is 5.22. The molecule has 3 rings (SSSR count). The van der Waals surface area contributed by atoms with Crippen molar-refractivity contribution >= 4 is 0 Å². The molecule has 0 spiro atoms. The third-order valence-corrected chi connectivity index (χ3v) is 3.55. The van der Waals surface area contributed by atoms with Gasteiger partial charge in [-0.15, -0.1) is 0 Å². The number of aromatic nitrogens is 2. The van der Waals surface area contributed by atoms with Crippen molar-refractivity contribution in [3.05, 3.63) is 71.6 Å². The molecule has 2 aromatic carbocycles. The Hall–Kier alpha value is -2.62. The van der Waals surface area contributed by atoms with Crippen LogP contribution in [-0.2, 0) is 0 Å². The molecule has 4 heteroatoms. The van der Waals surface area contributed by atoms with E-state index in [0.29, 0.717) is 11.4 Å². The first-order valence-corrected chi connectivity index (χ1v) is 6.90. The lowest BCUT2D eigenvalue weighted by Gasteiger charge is -2.07. The molecule has 22 heavy (non-hydrogen) atoms. The van der Waals surface area contributed by atoms with Gasteiger partial charge >= 0.3 is 0 Å². The van der Waals surface area contributed by atoms with Crippen molar-refractivity contribution in [2.45, 2.75) is 13.8 Å². The van der Waals surface area contributed by atoms with Crippen LogP contribution in [0.2, 0.25) is 0 Å². The van der Waals surface area contributed by atoms with Crippen molar-refractivity contribution in [3.8, 4) is 22.5 Å². The van der Waals surface area contributed by atoms with Gasteiger partial charge in [0.1, 0.15) is 0 Å². The van der Waals surface area contributed by atoms with Gasteiger partial charge in [0, 0.05) is 29.1 Å². The first-order valence-electron chi connectivity index (χ1n) is 6.90. The van der Waals surface area contributed by atoms with E-state index < -0.39 is 11.6 Å². The molecule has 1 aromatic heterocycles. The Morgan fingerprint density at radius 1 is 0.727 bits per heavy atom. The van der Waals surface area contributed by atoms with Gasteiger partial charge < -0.3 is 0 Å². The average Bonchev–Trinajstić information content (AvgIpc) is 2.54. The largest absolute Gasteiger partial charge is 0.236 e. The number of hydrogen-bond donors (Lipinski definition) is 0. The van der Waals surface area contributed by atoms with Crippen molar-refractivity contribution in [2.75, 3.05) is 0 Å². The molecular formula is C18H14F2N2. The summed E-state index contributed by atoms with van der Waals surface area (Å²) in [5.41, 5.74) is 2.93. The SMILES string of the molecule is Cc1ccc(-c2ncc(-c3ccc(C)c(F)c3F)cn2)cc1. The van der Waals surface area contributed by atoms with E-state index >= 15 is 0 Å². The highest BCUT2D eigenvalue weighted by Gasteiger charge is 2.13. The van der Waals surface area contributed by atoms with Gasteiger partial charge in [0.05, 0.1) is 0 Å². The van der Waals surface area contributed by atoms with Crippen molar-refractivity contribution in [2.24, 2.45) is 0 Å². The van der Waals surface area contributed by atoms with Crippen molar-refractivity contribution in [1.82, 2.24) is 9.97 Å². The molecule has 0 aliphatic carbocycles. The molecule has 2 nitrogen and oxygen atoms in total. The summed E-state index contributed by atoms with van der Waals surface area (Å²) < 4.78 is 27.6. The highest BCUT2D eigenvalue weighted by molar-refractivity contribution is 5.65. The van der Waals surface area contributed by atoms with Crippen LogP contribution in [0, 0.1) is 25.5 Å². The topological polar surface area (TPSA) is 25.8 Å². The molecule has 1 heterocycles. The maximum absolute atomic E-state index is 14.0. The minimum Gasteiger partial charge on any atom is -0.236 e. The fourth-order valence-electron chi connectivity index (χ4n) is 2.19. The Bertz CT molecular complexity index is 810. The highest BCUT2D eigenvalue weighted by Crippen LogP contribution is 2.26. The molecule has 0 saturated heterocycles. The molecule has 0 aliphatic heterocycles. The Kier molecular flexibility index (Phi) is 3.67. The lowest BCUT2D eigenvalue weighted by atomic mass is 10.1. The van der Waals surface area contributed by atoms with Gasteiger partial charge in [-0.3, -0.25) is 0 Å². The summed E-state index contributed by atoms with van der Waals surface area (Å²) in [4.78, 5) is 8.50. The molecule has 0 aliphatic rings. The smallest absolute Gasteiger partial charge is 0.167 e. The molecule has 110 valence electrons. The van der Waals surface area contributed by atoms with Crippen LogP contribution in [0.1, 0.15) is 11.1 Å². The van der Waals surface area contributed by atoms with Gasteiger partial charge in [0.15, 0.2) is 17.5 Å². The summed E-state index contributed by atoms with van der Waals surface area (Å²) in [7, 11) is 0. The zero-order valence-corrected chi connectivity index (χ0v) is 12.3. The maximum atomic E-state index is 14.0. The molecule has 0 amide bonds. The molecule has 0 N–H and O–H groups in total. The first-order chi connectivity index (χ1) is 10.6. The van der Waals surface area contributed by atoms with Crippen LogP contribution in [0.5, 0.6) is 0 Å². The number of hydrogen-bond acceptors (Lipinski definition) is 2. The van der Waals surface area contributed by atoms with E-state index in [0.717, 1.165) is 11.1 Å². The quantitative estimate of drug-likeness (QED) is 0.684. The monoisotopic (exact) mass is 296 g/mol. The number of rotatable bonds is 2. The van der Waals surface area contributed by atoms with Crippen molar-refractivity contribution in [3.63, 3.8) is 0 Å². The number of aryl methyl sites for hydroxylation is 2. The van der Waals surface area contributed by atoms with Crippen molar-refractivity contribution in [1.29, 1.82) is 0 Å². The van der Waals surface area contributed by atoms with Crippen molar-refractivity contribution < 1.29 is 8.78 Å². The van der Waals surface area contributed by atoms with Gasteiger partial charge in [-0.2, -0.15) is 0 Å². The van der Waals surface area contributed by atoms with Crippen LogP contribution in [0.3, 0.4) is 0 Å². The minimum absolute atomic E-state index is 0.165. The maximum Gasteiger partial charge on any atom is 0.167 e. The fraction of sp³-hybridized carbons (Fsp3) is 0.111. The average molecular weight is 296 g/mol. The molecular weight excluding hydrogens is 282 g/mol. The van der Waals surface area contributed by atoms with E-state index in [1.54, 1.807) is 6.07 Å². The van der Waals surface area contributed by atoms with E-state index in [4.69, 9.17) is 0 Å². The summed E-state index contributed by atoms with van der Waals surface area (Å²) in [6.45, 7) is 3.53. The Labute approximate surface area is 127 Å². The van der Waals surface area contributed by atoms with E-state index in [1.165, 1.54) is 25.4 Å².